The third-order valence-electron chi connectivity index (χ3n) is 1.10. The Morgan fingerprint density at radius 1 is 1.80 bits per heavy atom. The first-order valence-electron chi connectivity index (χ1n) is 2.79. The van der Waals surface area contributed by atoms with Crippen molar-refractivity contribution in [3.63, 3.8) is 0 Å². The molecule has 0 bridgehead atoms. The van der Waals surface area contributed by atoms with E-state index in [1.807, 2.05) is 0 Å². The highest BCUT2D eigenvalue weighted by Gasteiger charge is 2.28. The second-order valence-electron chi connectivity index (χ2n) is 1.74. The molecule has 1 fully saturated rings. The summed E-state index contributed by atoms with van der Waals surface area (Å²) in [6.07, 6.45) is -0.516. The van der Waals surface area contributed by atoms with Gasteiger partial charge in [0.05, 0.1) is 20.1 Å². The molecule has 2 amide bonds. The molecule has 0 atom stereocenters. The van der Waals surface area contributed by atoms with Gasteiger partial charge in [0.2, 0.25) is 0 Å². The molecule has 1 aliphatic heterocycles. The van der Waals surface area contributed by atoms with Crippen molar-refractivity contribution >= 4 is 12.0 Å². The molecule has 0 aromatic heterocycles. The molecule has 0 aromatic rings. The lowest BCUT2D eigenvalue weighted by molar-refractivity contribution is -0.151. The number of rotatable bonds is 0. The smallest absolute Gasteiger partial charge is 0.441 e. The number of methoxy groups -OCH3 is 1. The summed E-state index contributed by atoms with van der Waals surface area (Å²) in [7, 11) is 1.19. The van der Waals surface area contributed by atoms with Gasteiger partial charge in [-0.25, -0.2) is 4.79 Å². The molecule has 0 saturated carbocycles. The summed E-state index contributed by atoms with van der Waals surface area (Å²) < 4.78 is 4.25. The van der Waals surface area contributed by atoms with Gasteiger partial charge in [-0.3, -0.25) is 9.63 Å². The minimum Gasteiger partial charge on any atom is -0.451 e. The molecular weight excluding hydrogens is 138 g/mol. The van der Waals surface area contributed by atoms with E-state index in [0.29, 0.717) is 5.06 Å². The Labute approximate surface area is 57.5 Å². The van der Waals surface area contributed by atoms with Gasteiger partial charge >= 0.3 is 6.09 Å². The lowest BCUT2D eigenvalue weighted by atomic mass is 10.4. The molecule has 0 aromatic carbocycles. The first kappa shape index (κ1) is 7.01. The van der Waals surface area contributed by atoms with Crippen LogP contribution in [0, 0.1) is 0 Å². The van der Waals surface area contributed by atoms with Crippen molar-refractivity contribution in [2.45, 2.75) is 6.42 Å². The van der Waals surface area contributed by atoms with Gasteiger partial charge in [-0.1, -0.05) is 0 Å². The van der Waals surface area contributed by atoms with Crippen LogP contribution in [0.5, 0.6) is 0 Å². The Morgan fingerprint density at radius 2 is 2.50 bits per heavy atom. The molecule has 1 saturated heterocycles. The fraction of sp³-hybridized carbons (Fsp3) is 0.600. The minimum atomic E-state index is -0.762. The van der Waals surface area contributed by atoms with E-state index in [4.69, 9.17) is 0 Å². The van der Waals surface area contributed by atoms with Gasteiger partial charge in [0.1, 0.15) is 0 Å². The van der Waals surface area contributed by atoms with Crippen LogP contribution < -0.4 is 0 Å². The normalized spacial score (nSPS) is 17.7. The van der Waals surface area contributed by atoms with E-state index < -0.39 is 6.09 Å². The Bertz CT molecular complexity index is 167. The fourth-order valence-electron chi connectivity index (χ4n) is 0.635. The third-order valence-corrected chi connectivity index (χ3v) is 1.10. The molecule has 1 heterocycles. The molecule has 10 heavy (non-hydrogen) atoms. The van der Waals surface area contributed by atoms with Crippen molar-refractivity contribution in [3.05, 3.63) is 0 Å². The van der Waals surface area contributed by atoms with Crippen molar-refractivity contribution in [1.29, 1.82) is 0 Å². The molecule has 5 nitrogen and oxygen atoms in total. The van der Waals surface area contributed by atoms with Gasteiger partial charge in [0, 0.05) is 0 Å². The number of carbonyl (C=O) groups is 2. The zero-order chi connectivity index (χ0) is 7.56. The standard InChI is InChI=1S/C5H7NO4/c1-9-5(8)6-4(7)2-3-10-6/h2-3H2,1H3. The van der Waals surface area contributed by atoms with Crippen LogP contribution in [-0.4, -0.2) is 30.8 Å². The van der Waals surface area contributed by atoms with Gasteiger partial charge in [-0.2, -0.15) is 0 Å². The highest BCUT2D eigenvalue weighted by molar-refractivity contribution is 5.91. The Hall–Kier alpha value is -1.10. The van der Waals surface area contributed by atoms with Gasteiger partial charge in [-0.05, 0) is 0 Å². The minimum absolute atomic E-state index is 0.245. The summed E-state index contributed by atoms with van der Waals surface area (Å²) in [6.45, 7) is 0.258. The van der Waals surface area contributed by atoms with E-state index in [2.05, 4.69) is 9.57 Å². The van der Waals surface area contributed by atoms with Crippen LogP contribution in [0.2, 0.25) is 0 Å². The summed E-state index contributed by atoms with van der Waals surface area (Å²) in [6, 6.07) is 0. The predicted octanol–water partition coefficient (Wildman–Crippen LogP) is -0.0833. The number of ether oxygens (including phenoxy) is 1. The highest BCUT2D eigenvalue weighted by atomic mass is 16.7. The van der Waals surface area contributed by atoms with Crippen molar-refractivity contribution in [1.82, 2.24) is 5.06 Å². The second-order valence-corrected chi connectivity index (χ2v) is 1.74. The summed E-state index contributed by atoms with van der Waals surface area (Å²) in [5, 5.41) is 0.625. The number of hydrogen-bond donors (Lipinski definition) is 0. The highest BCUT2D eigenvalue weighted by Crippen LogP contribution is 2.06. The fourth-order valence-corrected chi connectivity index (χ4v) is 0.635. The van der Waals surface area contributed by atoms with E-state index in [9.17, 15) is 9.59 Å². The number of nitrogens with zero attached hydrogens (tertiary/aromatic N) is 1. The maximum atomic E-state index is 10.7. The summed E-state index contributed by atoms with van der Waals surface area (Å²) >= 11 is 0. The Kier molecular flexibility index (Phi) is 1.86. The van der Waals surface area contributed by atoms with Crippen molar-refractivity contribution in [2.75, 3.05) is 13.7 Å². The van der Waals surface area contributed by atoms with Crippen molar-refractivity contribution < 1.29 is 19.2 Å². The average molecular weight is 145 g/mol. The van der Waals surface area contributed by atoms with Gasteiger partial charge in [-0.15, -0.1) is 5.06 Å². The SMILES string of the molecule is COC(=O)N1OCCC1=O. The number of imide groups is 1. The molecule has 0 aliphatic carbocycles. The van der Waals surface area contributed by atoms with Crippen LogP contribution in [0.3, 0.4) is 0 Å². The first-order chi connectivity index (χ1) is 4.75. The molecule has 0 N–H and O–H groups in total. The van der Waals surface area contributed by atoms with Crippen LogP contribution >= 0.6 is 0 Å². The van der Waals surface area contributed by atoms with E-state index in [-0.39, 0.29) is 18.9 Å². The van der Waals surface area contributed by atoms with Crippen molar-refractivity contribution in [3.8, 4) is 0 Å². The Morgan fingerprint density at radius 3 is 2.90 bits per heavy atom. The number of hydroxylamine groups is 2. The van der Waals surface area contributed by atoms with Crippen LogP contribution in [0.25, 0.3) is 0 Å². The second kappa shape index (κ2) is 2.66. The largest absolute Gasteiger partial charge is 0.451 e. The topological polar surface area (TPSA) is 55.8 Å². The van der Waals surface area contributed by atoms with Gasteiger partial charge < -0.3 is 4.74 Å². The Balaban J connectivity index is 2.55. The van der Waals surface area contributed by atoms with Crippen LogP contribution in [0.15, 0.2) is 0 Å². The molecule has 1 aliphatic rings. The van der Waals surface area contributed by atoms with Crippen LogP contribution in [-0.2, 0) is 14.4 Å². The summed E-state index contributed by atoms with van der Waals surface area (Å²) in [5.74, 6) is -0.355. The van der Waals surface area contributed by atoms with E-state index in [1.54, 1.807) is 0 Å². The van der Waals surface area contributed by atoms with E-state index in [0.717, 1.165) is 0 Å². The molecule has 1 rings (SSSR count). The molecule has 0 radical (unpaired) electrons. The average Bonchev–Trinajstić information content (AvgIpc) is 2.34. The quantitative estimate of drug-likeness (QED) is 0.478. The molecule has 56 valence electrons. The molecule has 0 unspecified atom stereocenters. The van der Waals surface area contributed by atoms with E-state index >= 15 is 0 Å². The molecule has 0 spiro atoms. The summed E-state index contributed by atoms with van der Waals surface area (Å²) in [4.78, 5) is 25.9. The van der Waals surface area contributed by atoms with Crippen LogP contribution in [0.4, 0.5) is 4.79 Å². The summed E-state index contributed by atoms with van der Waals surface area (Å²) in [5.41, 5.74) is 0. The molecular formula is C5H7NO4. The third kappa shape index (κ3) is 1.08. The lowest BCUT2D eigenvalue weighted by Gasteiger charge is -2.08. The maximum absolute atomic E-state index is 10.7. The van der Waals surface area contributed by atoms with Crippen molar-refractivity contribution in [2.24, 2.45) is 0 Å². The van der Waals surface area contributed by atoms with Gasteiger partial charge in [0.25, 0.3) is 5.91 Å². The molecule has 5 heteroatoms. The first-order valence-corrected chi connectivity index (χ1v) is 2.79. The monoisotopic (exact) mass is 145 g/mol. The zero-order valence-corrected chi connectivity index (χ0v) is 5.49. The van der Waals surface area contributed by atoms with Crippen LogP contribution in [0.1, 0.15) is 6.42 Å². The maximum Gasteiger partial charge on any atom is 0.441 e. The van der Waals surface area contributed by atoms with Gasteiger partial charge in [0.15, 0.2) is 0 Å². The number of carbonyl (C=O) groups excluding carboxylic acids is 2. The lowest BCUT2D eigenvalue weighted by Crippen LogP contribution is -2.30. The number of hydrogen-bond acceptors (Lipinski definition) is 4. The predicted molar refractivity (Wildman–Crippen MR) is 29.8 cm³/mol. The number of amides is 2. The van der Waals surface area contributed by atoms with E-state index in [1.165, 1.54) is 7.11 Å². The zero-order valence-electron chi connectivity index (χ0n) is 5.49.